The normalized spacial score (nSPS) is 23.9. The smallest absolute Gasteiger partial charge is 0.246 e. The largest absolute Gasteiger partial charge is 0.490 e. The number of hydrogen-bond donors (Lipinski definition) is 2. The van der Waals surface area contributed by atoms with Crippen molar-refractivity contribution in [1.29, 1.82) is 0 Å². The molecule has 1 saturated carbocycles. The lowest BCUT2D eigenvalue weighted by Gasteiger charge is -2.36. The monoisotopic (exact) mass is 371 g/mol. The number of aryl methyl sites for hydroxylation is 1. The lowest BCUT2D eigenvalue weighted by Crippen LogP contribution is -2.45. The van der Waals surface area contributed by atoms with Crippen molar-refractivity contribution in [3.8, 4) is 5.75 Å². The molecule has 7 nitrogen and oxygen atoms in total. The van der Waals surface area contributed by atoms with Gasteiger partial charge in [0.2, 0.25) is 11.9 Å². The summed E-state index contributed by atoms with van der Waals surface area (Å²) < 4.78 is 18.8. The van der Waals surface area contributed by atoms with Crippen molar-refractivity contribution in [3.63, 3.8) is 0 Å². The van der Waals surface area contributed by atoms with Gasteiger partial charge in [-0.15, -0.1) is 0 Å². The molecule has 2 aliphatic rings. The summed E-state index contributed by atoms with van der Waals surface area (Å²) in [6.45, 7) is 3.70. The molecule has 1 aliphatic carbocycles. The van der Waals surface area contributed by atoms with Crippen LogP contribution in [0.3, 0.4) is 0 Å². The molecule has 8 heteroatoms. The number of carbonyl (C=O) groups excluding carboxylic acids is 1. The van der Waals surface area contributed by atoms with Crippen LogP contribution in [0.15, 0.2) is 24.3 Å². The van der Waals surface area contributed by atoms with Crippen LogP contribution >= 0.6 is 0 Å². The highest BCUT2D eigenvalue weighted by Crippen LogP contribution is 2.33. The lowest BCUT2D eigenvalue weighted by molar-refractivity contribution is -0.117. The number of carbonyl (C=O) groups is 1. The van der Waals surface area contributed by atoms with Crippen LogP contribution in [-0.2, 0) is 4.79 Å². The zero-order valence-electron chi connectivity index (χ0n) is 15.5. The zero-order chi connectivity index (χ0) is 19.1. The maximum Gasteiger partial charge on any atom is 0.246 e. The van der Waals surface area contributed by atoms with Gasteiger partial charge < -0.3 is 20.3 Å². The molecular formula is C19H22FN5O2. The first-order chi connectivity index (χ1) is 12.9. The number of aromatic nitrogens is 2. The van der Waals surface area contributed by atoms with Crippen LogP contribution in [0.1, 0.15) is 25.5 Å². The van der Waals surface area contributed by atoms with E-state index < -0.39 is 0 Å². The number of hydrogen-bond acceptors (Lipinski definition) is 6. The Morgan fingerprint density at radius 1 is 1.26 bits per heavy atom. The lowest BCUT2D eigenvalue weighted by atomic mass is 9.89. The van der Waals surface area contributed by atoms with E-state index in [2.05, 4.69) is 20.6 Å². The van der Waals surface area contributed by atoms with Crippen molar-refractivity contribution in [2.45, 2.75) is 44.9 Å². The van der Waals surface area contributed by atoms with Gasteiger partial charge in [-0.05, 0) is 38.1 Å². The molecule has 1 unspecified atom stereocenters. The number of halogens is 1. The van der Waals surface area contributed by atoms with Crippen LogP contribution in [0.2, 0.25) is 0 Å². The third-order valence-corrected chi connectivity index (χ3v) is 5.16. The molecule has 0 radical (unpaired) electrons. The second kappa shape index (κ2) is 6.68. The van der Waals surface area contributed by atoms with Crippen LogP contribution in [0.25, 0.3) is 0 Å². The summed E-state index contributed by atoms with van der Waals surface area (Å²) in [5.74, 6) is 1.61. The number of nitrogens with one attached hydrogen (secondary N) is 2. The summed E-state index contributed by atoms with van der Waals surface area (Å²) in [7, 11) is 1.86. The number of anilines is 3. The van der Waals surface area contributed by atoms with Gasteiger partial charge in [0, 0.05) is 25.9 Å². The third kappa shape index (κ3) is 3.39. The maximum atomic E-state index is 12.9. The standard InChI is InChI=1S/C19H22FN5O2/c1-10-16-17(25(3)11(2)18(26)23-16)24-19(21-10)22-13-8-15(9-13)27-14-6-4-12(20)5-7-14/h4-7,11,13,15H,8-9H2,1-3H3,(H,23,26)(H,21,22,24). The van der Waals surface area contributed by atoms with Crippen LogP contribution in [0, 0.1) is 12.7 Å². The van der Waals surface area contributed by atoms with E-state index in [0.717, 1.165) is 24.4 Å². The number of likely N-dealkylation sites (N-methyl/N-ethyl adjacent to an activating group) is 1. The van der Waals surface area contributed by atoms with Crippen LogP contribution in [0.5, 0.6) is 5.75 Å². The molecule has 1 amide bonds. The van der Waals surface area contributed by atoms with E-state index in [1.54, 1.807) is 12.1 Å². The summed E-state index contributed by atoms with van der Waals surface area (Å²) in [5.41, 5.74) is 1.39. The van der Waals surface area contributed by atoms with Gasteiger partial charge in [-0.25, -0.2) is 9.37 Å². The Bertz CT molecular complexity index is 867. The molecule has 0 saturated heterocycles. The molecule has 0 bridgehead atoms. The van der Waals surface area contributed by atoms with Crippen LogP contribution < -0.4 is 20.3 Å². The van der Waals surface area contributed by atoms with Crippen LogP contribution in [0.4, 0.5) is 21.8 Å². The topological polar surface area (TPSA) is 79.4 Å². The Morgan fingerprint density at radius 3 is 2.67 bits per heavy atom. The fourth-order valence-electron chi connectivity index (χ4n) is 3.28. The van der Waals surface area contributed by atoms with Gasteiger partial charge in [0.1, 0.15) is 29.4 Å². The average molecular weight is 371 g/mol. The number of benzene rings is 1. The van der Waals surface area contributed by atoms with E-state index in [4.69, 9.17) is 4.74 Å². The Morgan fingerprint density at radius 2 is 1.96 bits per heavy atom. The summed E-state index contributed by atoms with van der Waals surface area (Å²) in [6.07, 6.45) is 1.73. The van der Waals surface area contributed by atoms with Crippen molar-refractivity contribution in [2.24, 2.45) is 0 Å². The zero-order valence-corrected chi connectivity index (χ0v) is 15.5. The van der Waals surface area contributed by atoms with Gasteiger partial charge >= 0.3 is 0 Å². The van der Waals surface area contributed by atoms with E-state index in [0.29, 0.717) is 17.4 Å². The van der Waals surface area contributed by atoms with Crippen LogP contribution in [-0.4, -0.2) is 41.1 Å². The molecule has 1 aliphatic heterocycles. The van der Waals surface area contributed by atoms with Crippen molar-refractivity contribution in [3.05, 3.63) is 35.8 Å². The summed E-state index contributed by atoms with van der Waals surface area (Å²) in [5, 5.41) is 6.21. The fraction of sp³-hybridized carbons (Fsp3) is 0.421. The minimum Gasteiger partial charge on any atom is -0.490 e. The van der Waals surface area contributed by atoms with Gasteiger partial charge in [-0.1, -0.05) is 0 Å². The van der Waals surface area contributed by atoms with Gasteiger partial charge in [0.15, 0.2) is 5.82 Å². The molecule has 27 heavy (non-hydrogen) atoms. The molecule has 1 aromatic heterocycles. The fourth-order valence-corrected chi connectivity index (χ4v) is 3.28. The summed E-state index contributed by atoms with van der Waals surface area (Å²) in [6, 6.07) is 5.99. The Hall–Kier alpha value is -2.90. The van der Waals surface area contributed by atoms with E-state index in [1.165, 1.54) is 12.1 Å². The molecule has 1 aromatic carbocycles. The number of fused-ring (bicyclic) bond motifs is 1. The molecule has 1 atom stereocenters. The highest BCUT2D eigenvalue weighted by Gasteiger charge is 2.33. The Balaban J connectivity index is 1.39. The molecular weight excluding hydrogens is 349 g/mol. The molecule has 2 heterocycles. The van der Waals surface area contributed by atoms with E-state index in [-0.39, 0.29) is 29.9 Å². The Labute approximate surface area is 157 Å². The second-order valence-electron chi connectivity index (χ2n) is 7.11. The summed E-state index contributed by atoms with van der Waals surface area (Å²) >= 11 is 0. The first-order valence-corrected chi connectivity index (χ1v) is 9.02. The quantitative estimate of drug-likeness (QED) is 0.860. The van der Waals surface area contributed by atoms with Crippen molar-refractivity contribution < 1.29 is 13.9 Å². The average Bonchev–Trinajstić information content (AvgIpc) is 2.61. The number of ether oxygens (including phenoxy) is 1. The first-order valence-electron chi connectivity index (χ1n) is 9.02. The molecule has 142 valence electrons. The maximum absolute atomic E-state index is 12.9. The molecule has 0 spiro atoms. The minimum absolute atomic E-state index is 0.0582. The van der Waals surface area contributed by atoms with E-state index in [1.807, 2.05) is 25.8 Å². The highest BCUT2D eigenvalue weighted by molar-refractivity contribution is 6.03. The molecule has 2 aromatic rings. The number of amides is 1. The van der Waals surface area contributed by atoms with Crippen molar-refractivity contribution in [1.82, 2.24) is 9.97 Å². The Kier molecular flexibility index (Phi) is 4.33. The van der Waals surface area contributed by atoms with Crippen molar-refractivity contribution in [2.75, 3.05) is 22.6 Å². The third-order valence-electron chi connectivity index (χ3n) is 5.16. The van der Waals surface area contributed by atoms with Gasteiger partial charge in [-0.3, -0.25) is 4.79 Å². The number of rotatable bonds is 4. The van der Waals surface area contributed by atoms with Gasteiger partial charge in [0.25, 0.3) is 0 Å². The van der Waals surface area contributed by atoms with E-state index in [9.17, 15) is 9.18 Å². The highest BCUT2D eigenvalue weighted by atomic mass is 19.1. The van der Waals surface area contributed by atoms with E-state index >= 15 is 0 Å². The molecule has 2 N–H and O–H groups in total. The SMILES string of the molecule is Cc1nc(NC2CC(Oc3ccc(F)cc3)C2)nc2c1NC(=O)C(C)N2C. The van der Waals surface area contributed by atoms with Crippen molar-refractivity contribution >= 4 is 23.4 Å². The minimum atomic E-state index is -0.281. The van der Waals surface area contributed by atoms with Gasteiger partial charge in [0.05, 0.1) is 5.69 Å². The predicted molar refractivity (Wildman–Crippen MR) is 101 cm³/mol. The predicted octanol–water partition coefficient (Wildman–Crippen LogP) is 2.72. The second-order valence-corrected chi connectivity index (χ2v) is 7.11. The first kappa shape index (κ1) is 17.5. The molecule has 1 fully saturated rings. The van der Waals surface area contributed by atoms with Gasteiger partial charge in [-0.2, -0.15) is 4.98 Å². The molecule has 4 rings (SSSR count). The number of nitrogens with zero attached hydrogens (tertiary/aromatic N) is 3. The summed E-state index contributed by atoms with van der Waals surface area (Å²) in [4.78, 5) is 22.9.